The molecular weight excluding hydrogens is 218 g/mol. The first-order valence-corrected chi connectivity index (χ1v) is 6.56. The zero-order valence-electron chi connectivity index (χ0n) is 10.6. The van der Waals surface area contributed by atoms with E-state index in [2.05, 4.69) is 22.5 Å². The Hall–Kier alpha value is -0.650. The Morgan fingerprint density at radius 2 is 2.18 bits per heavy atom. The van der Waals surface area contributed by atoms with Gasteiger partial charge in [0.1, 0.15) is 0 Å². The maximum Gasteiger partial charge on any atom is 0.224 e. The van der Waals surface area contributed by atoms with Crippen LogP contribution < -0.4 is 10.6 Å². The van der Waals surface area contributed by atoms with Crippen LogP contribution in [0.4, 0.5) is 0 Å². The number of carbonyl (C=O) groups is 1. The standard InChI is InChI=1S/C12H23N3O2/c1-10-8-13-9-11(10)12(16)14-2-3-15-4-6-17-7-5-15/h10-11,13H,2-9H2,1H3,(H,14,16)/t10-,11-/m1/s1. The molecule has 0 radical (unpaired) electrons. The van der Waals surface area contributed by atoms with Gasteiger partial charge in [0.15, 0.2) is 0 Å². The summed E-state index contributed by atoms with van der Waals surface area (Å²) in [4.78, 5) is 14.2. The Balaban J connectivity index is 1.62. The molecule has 2 aliphatic rings. The lowest BCUT2D eigenvalue weighted by Crippen LogP contribution is -2.43. The molecule has 2 fully saturated rings. The molecule has 2 aliphatic heterocycles. The van der Waals surface area contributed by atoms with Gasteiger partial charge in [-0.1, -0.05) is 6.92 Å². The third kappa shape index (κ3) is 3.66. The van der Waals surface area contributed by atoms with E-state index in [0.29, 0.717) is 5.92 Å². The topological polar surface area (TPSA) is 53.6 Å². The molecule has 2 N–H and O–H groups in total. The van der Waals surface area contributed by atoms with Crippen molar-refractivity contribution in [3.05, 3.63) is 0 Å². The second-order valence-corrected chi connectivity index (χ2v) is 4.99. The molecule has 1 amide bonds. The van der Waals surface area contributed by atoms with Gasteiger partial charge in [-0.25, -0.2) is 0 Å². The second kappa shape index (κ2) is 6.33. The number of hydrogen-bond donors (Lipinski definition) is 2. The van der Waals surface area contributed by atoms with Gasteiger partial charge in [0.2, 0.25) is 5.91 Å². The highest BCUT2D eigenvalue weighted by Crippen LogP contribution is 2.15. The summed E-state index contributed by atoms with van der Waals surface area (Å²) in [6.07, 6.45) is 0. The summed E-state index contributed by atoms with van der Waals surface area (Å²) in [5.41, 5.74) is 0. The van der Waals surface area contributed by atoms with Crippen LogP contribution in [0.25, 0.3) is 0 Å². The van der Waals surface area contributed by atoms with Crippen molar-refractivity contribution in [2.75, 3.05) is 52.5 Å². The van der Waals surface area contributed by atoms with Crippen LogP contribution in [0, 0.1) is 11.8 Å². The molecule has 0 spiro atoms. The van der Waals surface area contributed by atoms with Crippen LogP contribution in [0.2, 0.25) is 0 Å². The van der Waals surface area contributed by atoms with Crippen molar-refractivity contribution >= 4 is 5.91 Å². The Kier molecular flexibility index (Phi) is 4.76. The summed E-state index contributed by atoms with van der Waals surface area (Å²) in [6.45, 7) is 9.20. The molecule has 0 aliphatic carbocycles. The van der Waals surface area contributed by atoms with Crippen molar-refractivity contribution in [2.24, 2.45) is 11.8 Å². The zero-order chi connectivity index (χ0) is 12.1. The van der Waals surface area contributed by atoms with Gasteiger partial charge in [-0.2, -0.15) is 0 Å². The second-order valence-electron chi connectivity index (χ2n) is 4.99. The molecule has 0 aromatic carbocycles. The van der Waals surface area contributed by atoms with E-state index in [-0.39, 0.29) is 11.8 Å². The molecule has 2 rings (SSSR count). The monoisotopic (exact) mass is 241 g/mol. The first-order chi connectivity index (χ1) is 8.27. The third-order valence-corrected chi connectivity index (χ3v) is 3.69. The van der Waals surface area contributed by atoms with Crippen LogP contribution >= 0.6 is 0 Å². The zero-order valence-corrected chi connectivity index (χ0v) is 10.6. The predicted octanol–water partition coefficient (Wildman–Crippen LogP) is -0.710. The van der Waals surface area contributed by atoms with Crippen LogP contribution in [0.1, 0.15) is 6.92 Å². The molecular formula is C12H23N3O2. The molecule has 17 heavy (non-hydrogen) atoms. The fourth-order valence-electron chi connectivity index (χ4n) is 2.45. The molecule has 0 unspecified atom stereocenters. The fraction of sp³-hybridized carbons (Fsp3) is 0.917. The normalized spacial score (nSPS) is 30.4. The Morgan fingerprint density at radius 1 is 1.41 bits per heavy atom. The highest BCUT2D eigenvalue weighted by molar-refractivity contribution is 5.79. The maximum absolute atomic E-state index is 11.9. The average molecular weight is 241 g/mol. The van der Waals surface area contributed by atoms with Gasteiger partial charge in [-0.3, -0.25) is 9.69 Å². The number of nitrogens with zero attached hydrogens (tertiary/aromatic N) is 1. The number of amides is 1. The minimum atomic E-state index is 0.152. The molecule has 0 bridgehead atoms. The fourth-order valence-corrected chi connectivity index (χ4v) is 2.45. The van der Waals surface area contributed by atoms with Crippen molar-refractivity contribution < 1.29 is 9.53 Å². The van der Waals surface area contributed by atoms with Gasteiger partial charge < -0.3 is 15.4 Å². The van der Waals surface area contributed by atoms with E-state index in [1.807, 2.05) is 0 Å². The van der Waals surface area contributed by atoms with E-state index < -0.39 is 0 Å². The molecule has 0 saturated carbocycles. The van der Waals surface area contributed by atoms with E-state index in [9.17, 15) is 4.79 Å². The Labute approximate surface area is 103 Å². The molecule has 5 nitrogen and oxygen atoms in total. The largest absolute Gasteiger partial charge is 0.379 e. The lowest BCUT2D eigenvalue weighted by Gasteiger charge is -2.26. The van der Waals surface area contributed by atoms with Gasteiger partial charge in [-0.05, 0) is 12.5 Å². The van der Waals surface area contributed by atoms with E-state index >= 15 is 0 Å². The molecule has 2 heterocycles. The number of rotatable bonds is 4. The van der Waals surface area contributed by atoms with E-state index in [4.69, 9.17) is 4.74 Å². The lowest BCUT2D eigenvalue weighted by molar-refractivity contribution is -0.125. The van der Waals surface area contributed by atoms with Gasteiger partial charge in [0.05, 0.1) is 19.1 Å². The van der Waals surface area contributed by atoms with Crippen LogP contribution in [0.3, 0.4) is 0 Å². The van der Waals surface area contributed by atoms with Gasteiger partial charge in [0.25, 0.3) is 0 Å². The number of carbonyl (C=O) groups excluding carboxylic acids is 1. The van der Waals surface area contributed by atoms with Crippen LogP contribution in [0.15, 0.2) is 0 Å². The number of ether oxygens (including phenoxy) is 1. The van der Waals surface area contributed by atoms with Crippen LogP contribution in [-0.4, -0.2) is 63.3 Å². The highest BCUT2D eigenvalue weighted by atomic mass is 16.5. The van der Waals surface area contributed by atoms with Crippen molar-refractivity contribution in [2.45, 2.75) is 6.92 Å². The van der Waals surface area contributed by atoms with Gasteiger partial charge in [-0.15, -0.1) is 0 Å². The number of hydrogen-bond acceptors (Lipinski definition) is 4. The van der Waals surface area contributed by atoms with Gasteiger partial charge >= 0.3 is 0 Å². The molecule has 2 atom stereocenters. The van der Waals surface area contributed by atoms with Crippen molar-refractivity contribution in [3.63, 3.8) is 0 Å². The van der Waals surface area contributed by atoms with Crippen LogP contribution in [-0.2, 0) is 9.53 Å². The third-order valence-electron chi connectivity index (χ3n) is 3.69. The summed E-state index contributed by atoms with van der Waals surface area (Å²) >= 11 is 0. The Bertz CT molecular complexity index is 254. The quantitative estimate of drug-likeness (QED) is 0.683. The molecule has 98 valence electrons. The summed E-state index contributed by atoms with van der Waals surface area (Å²) in [5.74, 6) is 0.814. The molecule has 0 aromatic heterocycles. The lowest BCUT2D eigenvalue weighted by atomic mass is 9.97. The van der Waals surface area contributed by atoms with Crippen molar-refractivity contribution in [1.29, 1.82) is 0 Å². The van der Waals surface area contributed by atoms with E-state index in [1.165, 1.54) is 0 Å². The summed E-state index contributed by atoms with van der Waals surface area (Å²) < 4.78 is 5.29. The van der Waals surface area contributed by atoms with E-state index in [1.54, 1.807) is 0 Å². The Morgan fingerprint density at radius 3 is 2.82 bits per heavy atom. The minimum absolute atomic E-state index is 0.152. The number of nitrogens with one attached hydrogen (secondary N) is 2. The van der Waals surface area contributed by atoms with Crippen molar-refractivity contribution in [3.8, 4) is 0 Å². The smallest absolute Gasteiger partial charge is 0.224 e. The van der Waals surface area contributed by atoms with Crippen LogP contribution in [0.5, 0.6) is 0 Å². The number of morpholine rings is 1. The predicted molar refractivity (Wildman–Crippen MR) is 65.8 cm³/mol. The highest BCUT2D eigenvalue weighted by Gasteiger charge is 2.29. The summed E-state index contributed by atoms with van der Waals surface area (Å²) in [5, 5.41) is 6.30. The molecule has 2 saturated heterocycles. The van der Waals surface area contributed by atoms with E-state index in [0.717, 1.165) is 52.5 Å². The first-order valence-electron chi connectivity index (χ1n) is 6.56. The average Bonchev–Trinajstić information content (AvgIpc) is 2.77. The summed E-state index contributed by atoms with van der Waals surface area (Å²) in [6, 6.07) is 0. The van der Waals surface area contributed by atoms with Crippen molar-refractivity contribution in [1.82, 2.24) is 15.5 Å². The molecule has 0 aromatic rings. The van der Waals surface area contributed by atoms with Gasteiger partial charge in [0, 0.05) is 32.7 Å². The SMILES string of the molecule is C[C@@H]1CNC[C@H]1C(=O)NCCN1CCOCC1. The molecule has 5 heteroatoms. The maximum atomic E-state index is 11.9. The minimum Gasteiger partial charge on any atom is -0.379 e. The summed E-state index contributed by atoms with van der Waals surface area (Å²) in [7, 11) is 0. The first kappa shape index (κ1) is 12.8.